The third-order valence-electron chi connectivity index (χ3n) is 10.9. The first-order chi connectivity index (χ1) is 23.7. The van der Waals surface area contributed by atoms with E-state index in [1.54, 1.807) is 6.92 Å². The lowest BCUT2D eigenvalue weighted by Crippen LogP contribution is -2.89. The van der Waals surface area contributed by atoms with Crippen molar-refractivity contribution in [3.05, 3.63) is 29.6 Å². The van der Waals surface area contributed by atoms with Crippen molar-refractivity contribution in [1.82, 2.24) is 4.98 Å². The molecule has 2 saturated carbocycles. The number of fused-ring (bicyclic) bond motifs is 5. The van der Waals surface area contributed by atoms with E-state index in [1.165, 1.54) is 32.2 Å². The number of hydrogen-bond donors (Lipinski definition) is 3. The molecule has 3 heterocycles. The van der Waals surface area contributed by atoms with Gasteiger partial charge in [-0.2, -0.15) is 0 Å². The van der Waals surface area contributed by atoms with Gasteiger partial charge in [-0.15, -0.1) is 0 Å². The van der Waals surface area contributed by atoms with Crippen LogP contribution in [0.2, 0.25) is 0 Å². The highest BCUT2D eigenvalue weighted by Crippen LogP contribution is 2.69. The van der Waals surface area contributed by atoms with Crippen molar-refractivity contribution in [3.8, 4) is 0 Å². The zero-order valence-electron chi connectivity index (χ0n) is 29.4. The average Bonchev–Trinajstić information content (AvgIpc) is 3.27. The highest BCUT2D eigenvalue weighted by molar-refractivity contribution is 5.91. The second-order valence-corrected chi connectivity index (χ2v) is 14.2. The minimum Gasteiger partial charge on any atom is -0.465 e. The van der Waals surface area contributed by atoms with Gasteiger partial charge in [0.15, 0.2) is 11.7 Å². The number of nitrogens with zero attached hydrogens (tertiary/aromatic N) is 1. The van der Waals surface area contributed by atoms with Crippen molar-refractivity contribution in [3.63, 3.8) is 0 Å². The molecule has 4 bridgehead atoms. The number of aromatic nitrogens is 1. The fourth-order valence-electron chi connectivity index (χ4n) is 8.67. The molecule has 1 aromatic rings. The maximum Gasteiger partial charge on any atom is 0.340 e. The van der Waals surface area contributed by atoms with Gasteiger partial charge in [-0.05, 0) is 26.0 Å². The summed E-state index contributed by atoms with van der Waals surface area (Å²) in [6, 6.07) is 2.92. The number of cyclic esters (lactones) is 1. The average molecular weight is 722 g/mol. The Morgan fingerprint density at radius 3 is 2.02 bits per heavy atom. The van der Waals surface area contributed by atoms with Crippen LogP contribution in [-0.4, -0.2) is 123 Å². The maximum atomic E-state index is 14.0. The van der Waals surface area contributed by atoms with E-state index in [0.29, 0.717) is 0 Å². The molecule has 0 aromatic carbocycles. The summed E-state index contributed by atoms with van der Waals surface area (Å²) in [7, 11) is 0. The van der Waals surface area contributed by atoms with Gasteiger partial charge in [0, 0.05) is 39.8 Å². The number of rotatable bonds is 5. The molecule has 5 rings (SSSR count). The molecule has 0 radical (unpaired) electrons. The lowest BCUT2D eigenvalue weighted by Gasteiger charge is -2.67. The van der Waals surface area contributed by atoms with Crippen molar-refractivity contribution >= 4 is 35.8 Å². The molecular formula is C34H43NO16. The molecule has 2 aliphatic carbocycles. The number of carbonyl (C=O) groups excluding carboxylic acids is 6. The second kappa shape index (κ2) is 13.1. The van der Waals surface area contributed by atoms with Crippen LogP contribution in [0.15, 0.2) is 18.3 Å². The van der Waals surface area contributed by atoms with Crippen LogP contribution in [0.4, 0.5) is 0 Å². The zero-order chi connectivity index (χ0) is 38.0. The summed E-state index contributed by atoms with van der Waals surface area (Å²) >= 11 is 0. The normalized spacial score (nSPS) is 41.6. The molecule has 1 aromatic heterocycles. The first-order valence-electron chi connectivity index (χ1n) is 16.4. The van der Waals surface area contributed by atoms with Crippen LogP contribution in [-0.2, 0) is 57.1 Å². The largest absolute Gasteiger partial charge is 0.465 e. The van der Waals surface area contributed by atoms with E-state index < -0.39 is 126 Å². The first kappa shape index (κ1) is 38.1. The van der Waals surface area contributed by atoms with Gasteiger partial charge in [0.25, 0.3) is 0 Å². The van der Waals surface area contributed by atoms with Crippen LogP contribution in [0.1, 0.15) is 77.4 Å². The molecule has 3 fully saturated rings. The molecule has 280 valence electrons. The maximum absolute atomic E-state index is 14.0. The summed E-state index contributed by atoms with van der Waals surface area (Å²) in [6.07, 6.45) is -10.7. The van der Waals surface area contributed by atoms with Crippen molar-refractivity contribution in [2.45, 2.75) is 115 Å². The van der Waals surface area contributed by atoms with Crippen LogP contribution in [0.3, 0.4) is 0 Å². The van der Waals surface area contributed by atoms with E-state index in [2.05, 4.69) is 4.98 Å². The number of pyridine rings is 1. The molecule has 0 unspecified atom stereocenters. The molecule has 1 spiro atoms. The summed E-state index contributed by atoms with van der Waals surface area (Å²) in [5, 5.41) is 37.4. The minimum absolute atomic E-state index is 0.00864. The van der Waals surface area contributed by atoms with E-state index in [1.807, 2.05) is 0 Å². The summed E-state index contributed by atoms with van der Waals surface area (Å²) in [5.74, 6) is -9.27. The van der Waals surface area contributed by atoms with E-state index >= 15 is 0 Å². The summed E-state index contributed by atoms with van der Waals surface area (Å²) < 4.78 is 41.3. The lowest BCUT2D eigenvalue weighted by molar-refractivity contribution is -0.386. The molecule has 51 heavy (non-hydrogen) atoms. The molecule has 3 N–H and O–H groups in total. The number of aliphatic hydroxyl groups excluding tert-OH is 2. The Balaban J connectivity index is 1.91. The second-order valence-electron chi connectivity index (χ2n) is 14.2. The number of hydrogen-bond acceptors (Lipinski definition) is 17. The summed E-state index contributed by atoms with van der Waals surface area (Å²) in [5.41, 5.74) is -9.70. The number of carbonyl (C=O) groups is 6. The van der Waals surface area contributed by atoms with Crippen molar-refractivity contribution in [1.29, 1.82) is 0 Å². The number of aliphatic hydroxyl groups is 3. The van der Waals surface area contributed by atoms with Crippen molar-refractivity contribution < 1.29 is 77.2 Å². The van der Waals surface area contributed by atoms with Crippen molar-refractivity contribution in [2.24, 2.45) is 17.3 Å². The highest BCUT2D eigenvalue weighted by atomic mass is 16.7. The molecule has 1 saturated heterocycles. The standard InChI is InChI=1S/C34H43NO16/c1-14-15(2)29(42)50-26-24(41)28(49-19(6)39)33(13-45-16(3)36)27(48-18(5)38)23(40)21-25(47-17(4)37)34(33,32(26,8)44)51-31(21,7)12-46-30(43)20-10-9-11-35-22(14)20/h9-11,14-15,21,23-28,40-41,44H,12-13H2,1-8H3/t14-,15-,21-,23-,24+,25-,26-,27-,28-,31-,32-,33-,34+/m1/s1. The third-order valence-corrected chi connectivity index (χ3v) is 10.9. The highest BCUT2D eigenvalue weighted by Gasteiger charge is 2.90. The topological polar surface area (TPSA) is 241 Å². The predicted molar refractivity (Wildman–Crippen MR) is 166 cm³/mol. The van der Waals surface area contributed by atoms with E-state index in [9.17, 15) is 44.1 Å². The Bertz CT molecular complexity index is 1630. The lowest BCUT2D eigenvalue weighted by atomic mass is 9.45. The van der Waals surface area contributed by atoms with Gasteiger partial charge < -0.3 is 48.5 Å². The van der Waals surface area contributed by atoms with Crippen LogP contribution in [0.25, 0.3) is 0 Å². The van der Waals surface area contributed by atoms with E-state index in [4.69, 9.17) is 33.2 Å². The molecular weight excluding hydrogens is 678 g/mol. The zero-order valence-corrected chi connectivity index (χ0v) is 29.4. The Hall–Kier alpha value is -4.19. The minimum atomic E-state index is -2.74. The Kier molecular flexibility index (Phi) is 9.77. The van der Waals surface area contributed by atoms with Gasteiger partial charge in [-0.1, -0.05) is 13.8 Å². The smallest absolute Gasteiger partial charge is 0.340 e. The Labute approximate surface area is 292 Å². The van der Waals surface area contributed by atoms with Crippen LogP contribution < -0.4 is 0 Å². The van der Waals surface area contributed by atoms with Gasteiger partial charge in [0.2, 0.25) is 0 Å². The Morgan fingerprint density at radius 1 is 0.882 bits per heavy atom. The Morgan fingerprint density at radius 2 is 1.45 bits per heavy atom. The summed E-state index contributed by atoms with van der Waals surface area (Å²) in [4.78, 5) is 83.0. The summed E-state index contributed by atoms with van der Waals surface area (Å²) in [6.45, 7) is 7.86. The van der Waals surface area contributed by atoms with Crippen molar-refractivity contribution in [2.75, 3.05) is 13.2 Å². The fourth-order valence-corrected chi connectivity index (χ4v) is 8.67. The van der Waals surface area contributed by atoms with Crippen LogP contribution >= 0.6 is 0 Å². The molecule has 2 aliphatic heterocycles. The molecule has 17 heteroatoms. The molecule has 17 nitrogen and oxygen atoms in total. The first-order valence-corrected chi connectivity index (χ1v) is 16.4. The molecule has 4 aliphatic rings. The number of esters is 6. The van der Waals surface area contributed by atoms with E-state index in [-0.39, 0.29) is 11.3 Å². The van der Waals surface area contributed by atoms with Gasteiger partial charge in [-0.3, -0.25) is 29.0 Å². The van der Waals surface area contributed by atoms with Gasteiger partial charge in [0.05, 0.1) is 23.1 Å². The van der Waals surface area contributed by atoms with Gasteiger partial charge >= 0.3 is 35.8 Å². The number of ether oxygens (including phenoxy) is 7. The van der Waals surface area contributed by atoms with E-state index in [0.717, 1.165) is 34.6 Å². The molecule has 13 atom stereocenters. The van der Waals surface area contributed by atoms with Crippen LogP contribution in [0.5, 0.6) is 0 Å². The quantitative estimate of drug-likeness (QED) is 0.265. The van der Waals surface area contributed by atoms with Gasteiger partial charge in [-0.25, -0.2) is 4.79 Å². The molecule has 0 amide bonds. The monoisotopic (exact) mass is 721 g/mol. The van der Waals surface area contributed by atoms with Gasteiger partial charge in [0.1, 0.15) is 60.4 Å². The third kappa shape index (κ3) is 5.64. The fraction of sp³-hybridized carbons (Fsp3) is 0.676. The predicted octanol–water partition coefficient (Wildman–Crippen LogP) is -0.108. The van der Waals surface area contributed by atoms with Crippen LogP contribution in [0, 0.1) is 17.3 Å². The SMILES string of the molecule is CC(=O)OC[C@]12[C@H](OC(C)=O)[C@H](O)[C@@H]3[C@@H](OC(C)=O)[C@@]14O[C@]3(C)COC(=O)c1cccnc1[C@H](C)[C@@H](C)C(=O)O[C@H]([C@H](O)[C@H]2OC(C)=O)[C@@]4(C)O.